The van der Waals surface area contributed by atoms with Gasteiger partial charge in [-0.25, -0.2) is 0 Å². The second kappa shape index (κ2) is 5.34. The van der Waals surface area contributed by atoms with E-state index in [4.69, 9.17) is 0 Å². The minimum atomic E-state index is -0.264. The predicted octanol–water partition coefficient (Wildman–Crippen LogP) is 1.58. The molecule has 0 aliphatic carbocycles. The smallest absolute Gasteiger partial charge is 0.226 e. The van der Waals surface area contributed by atoms with E-state index in [1.165, 1.54) is 0 Å². The molecule has 0 aromatic heterocycles. The van der Waals surface area contributed by atoms with Gasteiger partial charge >= 0.3 is 0 Å². The van der Waals surface area contributed by atoms with Gasteiger partial charge in [0.2, 0.25) is 5.91 Å². The van der Waals surface area contributed by atoms with Crippen molar-refractivity contribution < 1.29 is 9.18 Å². The average Bonchev–Trinajstić information content (AvgIpc) is 2.40. The number of hydrogen-bond donors (Lipinski definition) is 1. The van der Waals surface area contributed by atoms with Gasteiger partial charge in [0.15, 0.2) is 0 Å². The maximum absolute atomic E-state index is 12.8. The number of nitrogens with zero attached hydrogens (tertiary/aromatic N) is 1. The first-order valence-corrected chi connectivity index (χ1v) is 6.70. The lowest BCUT2D eigenvalue weighted by molar-refractivity contribution is -0.138. The van der Waals surface area contributed by atoms with E-state index in [9.17, 15) is 9.18 Å². The Labute approximate surface area is 103 Å². The van der Waals surface area contributed by atoms with Crippen molar-refractivity contribution in [1.29, 1.82) is 0 Å². The molecule has 4 heteroatoms. The van der Waals surface area contributed by atoms with Crippen LogP contribution in [-0.2, 0) is 4.79 Å². The summed E-state index contributed by atoms with van der Waals surface area (Å²) >= 11 is 0. The van der Waals surface area contributed by atoms with E-state index in [1.807, 2.05) is 11.8 Å². The Bertz CT molecular complexity index is 269. The van der Waals surface area contributed by atoms with Gasteiger partial charge in [0, 0.05) is 19.6 Å². The molecule has 2 rings (SSSR count). The van der Waals surface area contributed by atoms with Crippen LogP contribution >= 0.6 is 0 Å². The van der Waals surface area contributed by atoms with Crippen molar-refractivity contribution in [3.05, 3.63) is 0 Å². The van der Waals surface area contributed by atoms with Crippen molar-refractivity contribution in [3.8, 4) is 0 Å². The van der Waals surface area contributed by atoms with Gasteiger partial charge in [-0.3, -0.25) is 9.18 Å². The molecule has 0 aromatic carbocycles. The van der Waals surface area contributed by atoms with E-state index in [-0.39, 0.29) is 23.9 Å². The molecule has 17 heavy (non-hydrogen) atoms. The number of nitrogens with one attached hydrogen (secondary N) is 1. The fourth-order valence-corrected chi connectivity index (χ4v) is 2.72. The molecule has 0 spiro atoms. The van der Waals surface area contributed by atoms with Crippen LogP contribution in [0.4, 0.5) is 4.39 Å². The highest BCUT2D eigenvalue weighted by Crippen LogP contribution is 2.32. The standard InChI is InChI=1S/C13H23FN2O/c1-13(10-14)4-7-16(8-5-13)12(17)11-3-2-6-15-9-11/h11,15H,2-10H2,1H3/t11-/m1/s1. The Kier molecular flexibility index (Phi) is 4.02. The lowest BCUT2D eigenvalue weighted by atomic mass is 9.81. The normalized spacial score (nSPS) is 29.1. The zero-order valence-electron chi connectivity index (χ0n) is 10.7. The van der Waals surface area contributed by atoms with Gasteiger partial charge in [-0.05, 0) is 37.6 Å². The topological polar surface area (TPSA) is 32.3 Å². The third-order valence-electron chi connectivity index (χ3n) is 4.25. The first-order valence-electron chi connectivity index (χ1n) is 6.70. The van der Waals surface area contributed by atoms with Gasteiger partial charge in [0.25, 0.3) is 0 Å². The molecule has 2 heterocycles. The van der Waals surface area contributed by atoms with Crippen LogP contribution in [0.15, 0.2) is 0 Å². The molecular formula is C13H23FN2O. The maximum Gasteiger partial charge on any atom is 0.226 e. The number of halogens is 1. The van der Waals surface area contributed by atoms with Crippen LogP contribution in [0.1, 0.15) is 32.6 Å². The molecule has 98 valence electrons. The van der Waals surface area contributed by atoms with Crippen LogP contribution in [0.2, 0.25) is 0 Å². The van der Waals surface area contributed by atoms with Gasteiger partial charge in [0.05, 0.1) is 12.6 Å². The van der Waals surface area contributed by atoms with E-state index >= 15 is 0 Å². The third kappa shape index (κ3) is 2.97. The summed E-state index contributed by atoms with van der Waals surface area (Å²) in [5.41, 5.74) is -0.193. The monoisotopic (exact) mass is 242 g/mol. The van der Waals surface area contributed by atoms with Crippen LogP contribution in [0.3, 0.4) is 0 Å². The molecule has 2 fully saturated rings. The molecule has 0 radical (unpaired) electrons. The number of amides is 1. The van der Waals surface area contributed by atoms with E-state index in [1.54, 1.807) is 0 Å². The summed E-state index contributed by atoms with van der Waals surface area (Å²) in [4.78, 5) is 14.2. The molecule has 1 amide bonds. The van der Waals surface area contributed by atoms with Crippen molar-refractivity contribution in [2.24, 2.45) is 11.3 Å². The number of alkyl halides is 1. The molecule has 1 atom stereocenters. The molecule has 2 aliphatic rings. The van der Waals surface area contributed by atoms with E-state index in [0.29, 0.717) is 0 Å². The van der Waals surface area contributed by atoms with Gasteiger partial charge in [-0.2, -0.15) is 0 Å². The predicted molar refractivity (Wildman–Crippen MR) is 65.5 cm³/mol. The summed E-state index contributed by atoms with van der Waals surface area (Å²) in [6, 6.07) is 0. The van der Waals surface area contributed by atoms with Gasteiger partial charge in [-0.15, -0.1) is 0 Å². The van der Waals surface area contributed by atoms with Gasteiger partial charge in [0.1, 0.15) is 0 Å². The zero-order valence-corrected chi connectivity index (χ0v) is 10.7. The molecule has 0 bridgehead atoms. The molecule has 2 aliphatic heterocycles. The Balaban J connectivity index is 1.85. The van der Waals surface area contributed by atoms with Crippen LogP contribution in [0.25, 0.3) is 0 Å². The van der Waals surface area contributed by atoms with Crippen molar-refractivity contribution in [1.82, 2.24) is 10.2 Å². The summed E-state index contributed by atoms with van der Waals surface area (Å²) in [6.07, 6.45) is 3.69. The Hall–Kier alpha value is -0.640. The molecule has 3 nitrogen and oxygen atoms in total. The van der Waals surface area contributed by atoms with Crippen LogP contribution < -0.4 is 5.32 Å². The van der Waals surface area contributed by atoms with Crippen molar-refractivity contribution in [2.45, 2.75) is 32.6 Å². The minimum absolute atomic E-state index is 0.151. The summed E-state index contributed by atoms with van der Waals surface area (Å²) in [5.74, 6) is 0.427. The lowest BCUT2D eigenvalue weighted by Gasteiger charge is -2.39. The Morgan fingerprint density at radius 2 is 2.18 bits per heavy atom. The first-order chi connectivity index (χ1) is 8.14. The second-order valence-electron chi connectivity index (χ2n) is 5.81. The molecule has 0 aromatic rings. The van der Waals surface area contributed by atoms with Crippen LogP contribution in [-0.4, -0.2) is 43.7 Å². The highest BCUT2D eigenvalue weighted by molar-refractivity contribution is 5.79. The van der Waals surface area contributed by atoms with Crippen molar-refractivity contribution in [3.63, 3.8) is 0 Å². The van der Waals surface area contributed by atoms with Crippen LogP contribution in [0.5, 0.6) is 0 Å². The summed E-state index contributed by atoms with van der Waals surface area (Å²) in [6.45, 7) is 5.03. The number of rotatable bonds is 2. The maximum atomic E-state index is 12.8. The average molecular weight is 242 g/mol. The van der Waals surface area contributed by atoms with Crippen LogP contribution in [0, 0.1) is 11.3 Å². The summed E-state index contributed by atoms with van der Waals surface area (Å²) in [5, 5.41) is 3.27. The fourth-order valence-electron chi connectivity index (χ4n) is 2.72. The lowest BCUT2D eigenvalue weighted by Crippen LogP contribution is -2.48. The Morgan fingerprint density at radius 1 is 1.47 bits per heavy atom. The SMILES string of the molecule is CC1(CF)CCN(C(=O)[C@@H]2CCCNC2)CC1. The van der Waals surface area contributed by atoms with E-state index in [2.05, 4.69) is 5.32 Å². The molecule has 1 N–H and O–H groups in total. The minimum Gasteiger partial charge on any atom is -0.342 e. The molecule has 0 saturated carbocycles. The van der Waals surface area contributed by atoms with Gasteiger partial charge < -0.3 is 10.2 Å². The van der Waals surface area contributed by atoms with E-state index in [0.717, 1.165) is 51.9 Å². The molecule has 2 saturated heterocycles. The van der Waals surface area contributed by atoms with Gasteiger partial charge in [-0.1, -0.05) is 6.92 Å². The quantitative estimate of drug-likeness (QED) is 0.797. The number of hydrogen-bond acceptors (Lipinski definition) is 2. The molecular weight excluding hydrogens is 219 g/mol. The van der Waals surface area contributed by atoms with Crippen molar-refractivity contribution in [2.75, 3.05) is 32.9 Å². The fraction of sp³-hybridized carbons (Fsp3) is 0.923. The van der Waals surface area contributed by atoms with Crippen molar-refractivity contribution >= 4 is 5.91 Å². The number of carbonyl (C=O) groups is 1. The molecule has 0 unspecified atom stereocenters. The second-order valence-corrected chi connectivity index (χ2v) is 5.81. The zero-order chi connectivity index (χ0) is 12.3. The number of piperidine rings is 2. The summed E-state index contributed by atoms with van der Waals surface area (Å²) < 4.78 is 12.8. The Morgan fingerprint density at radius 3 is 2.71 bits per heavy atom. The highest BCUT2D eigenvalue weighted by Gasteiger charge is 2.34. The number of likely N-dealkylation sites (tertiary alicyclic amines) is 1. The first kappa shape index (κ1) is 12.8. The summed E-state index contributed by atoms with van der Waals surface area (Å²) in [7, 11) is 0. The number of carbonyl (C=O) groups excluding carboxylic acids is 1. The third-order valence-corrected chi connectivity index (χ3v) is 4.25. The highest BCUT2D eigenvalue weighted by atomic mass is 19.1. The largest absolute Gasteiger partial charge is 0.342 e. The van der Waals surface area contributed by atoms with E-state index < -0.39 is 0 Å².